The molecule has 0 aromatic heterocycles. The lowest BCUT2D eigenvalue weighted by atomic mass is 9.89. The number of hydrogen-bond acceptors (Lipinski definition) is 3. The SMILES string of the molecule is Cc1ccc(C2=NN(/C=N\NC(=O)c3ccccc3)C(c3c4ccccc4cc4ccccc34)C2)cc1. The Bertz CT molecular complexity index is 1600. The summed E-state index contributed by atoms with van der Waals surface area (Å²) in [6, 6.07) is 36.6. The maximum atomic E-state index is 12.6. The van der Waals surface area contributed by atoms with E-state index >= 15 is 0 Å². The van der Waals surface area contributed by atoms with E-state index in [0.29, 0.717) is 5.56 Å². The highest BCUT2D eigenvalue weighted by molar-refractivity contribution is 6.06. The predicted molar refractivity (Wildman–Crippen MR) is 151 cm³/mol. The molecule has 0 saturated heterocycles. The number of hydrazone groups is 2. The van der Waals surface area contributed by atoms with Crippen LogP contribution in [0.1, 0.15) is 39.5 Å². The first kappa shape index (κ1) is 22.7. The molecule has 37 heavy (non-hydrogen) atoms. The second kappa shape index (κ2) is 9.70. The predicted octanol–water partition coefficient (Wildman–Crippen LogP) is 6.83. The van der Waals surface area contributed by atoms with Gasteiger partial charge in [-0.3, -0.25) is 4.79 Å². The molecule has 5 aromatic carbocycles. The fraction of sp³-hybridized carbons (Fsp3) is 0.0938. The number of nitrogens with one attached hydrogen (secondary N) is 1. The smallest absolute Gasteiger partial charge is 0.267 e. The molecule has 1 aliphatic heterocycles. The summed E-state index contributed by atoms with van der Waals surface area (Å²) in [5, 5.41) is 15.9. The van der Waals surface area contributed by atoms with E-state index < -0.39 is 0 Å². The minimum Gasteiger partial charge on any atom is -0.267 e. The normalized spacial score (nSPS) is 15.4. The van der Waals surface area contributed by atoms with Gasteiger partial charge < -0.3 is 0 Å². The van der Waals surface area contributed by atoms with Gasteiger partial charge in [0.15, 0.2) is 0 Å². The number of hydrogen-bond donors (Lipinski definition) is 1. The Balaban J connectivity index is 1.42. The van der Waals surface area contributed by atoms with Crippen LogP contribution in [-0.4, -0.2) is 23.0 Å². The summed E-state index contributed by atoms with van der Waals surface area (Å²) in [7, 11) is 0. The molecular weight excluding hydrogens is 456 g/mol. The van der Waals surface area contributed by atoms with E-state index in [-0.39, 0.29) is 11.9 Å². The van der Waals surface area contributed by atoms with Crippen LogP contribution < -0.4 is 5.43 Å². The minimum absolute atomic E-state index is 0.0790. The van der Waals surface area contributed by atoms with Crippen LogP contribution in [0, 0.1) is 6.92 Å². The van der Waals surface area contributed by atoms with Crippen LogP contribution in [0.5, 0.6) is 0 Å². The Kier molecular flexibility index (Phi) is 5.95. The topological polar surface area (TPSA) is 57.1 Å². The summed E-state index contributed by atoms with van der Waals surface area (Å²) in [4.78, 5) is 12.6. The van der Waals surface area contributed by atoms with Crippen LogP contribution in [-0.2, 0) is 0 Å². The van der Waals surface area contributed by atoms with Gasteiger partial charge in [0, 0.05) is 12.0 Å². The Hall–Kier alpha value is -4.77. The summed E-state index contributed by atoms with van der Waals surface area (Å²) >= 11 is 0. The van der Waals surface area contributed by atoms with Crippen molar-refractivity contribution >= 4 is 39.5 Å². The van der Waals surface area contributed by atoms with Crippen molar-refractivity contribution in [2.24, 2.45) is 10.2 Å². The molecule has 0 bridgehead atoms. The molecule has 5 nitrogen and oxygen atoms in total. The lowest BCUT2D eigenvalue weighted by molar-refractivity contribution is 0.0954. The van der Waals surface area contributed by atoms with E-state index in [1.165, 1.54) is 32.7 Å². The summed E-state index contributed by atoms with van der Waals surface area (Å²) in [5.74, 6) is -0.258. The van der Waals surface area contributed by atoms with Crippen molar-refractivity contribution in [1.29, 1.82) is 0 Å². The van der Waals surface area contributed by atoms with Gasteiger partial charge in [-0.15, -0.1) is 0 Å². The van der Waals surface area contributed by atoms with Crippen molar-refractivity contribution in [3.05, 3.63) is 131 Å². The molecule has 1 heterocycles. The fourth-order valence-electron chi connectivity index (χ4n) is 5.00. The van der Waals surface area contributed by atoms with Crippen molar-refractivity contribution in [1.82, 2.24) is 10.4 Å². The third-order valence-electron chi connectivity index (χ3n) is 6.85. The Morgan fingerprint density at radius 1 is 0.865 bits per heavy atom. The van der Waals surface area contributed by atoms with Crippen LogP contribution in [0.25, 0.3) is 21.5 Å². The van der Waals surface area contributed by atoms with Crippen molar-refractivity contribution < 1.29 is 4.79 Å². The zero-order chi connectivity index (χ0) is 25.2. The lowest BCUT2D eigenvalue weighted by Crippen LogP contribution is -2.23. The van der Waals surface area contributed by atoms with Gasteiger partial charge >= 0.3 is 0 Å². The van der Waals surface area contributed by atoms with Crippen LogP contribution in [0.15, 0.2) is 119 Å². The molecule has 0 fully saturated rings. The molecule has 0 aliphatic carbocycles. The summed E-state index contributed by atoms with van der Waals surface area (Å²) < 4.78 is 0. The second-order valence-corrected chi connectivity index (χ2v) is 9.30. The molecule has 5 heteroatoms. The number of amides is 1. The first-order valence-corrected chi connectivity index (χ1v) is 12.4. The number of carbonyl (C=O) groups is 1. The highest BCUT2D eigenvalue weighted by Crippen LogP contribution is 2.40. The van der Waals surface area contributed by atoms with Crippen molar-refractivity contribution in [2.75, 3.05) is 0 Å². The van der Waals surface area contributed by atoms with E-state index in [1.807, 2.05) is 23.2 Å². The molecular formula is C32H26N4O. The molecule has 6 rings (SSSR count). The molecule has 5 aromatic rings. The molecule has 0 spiro atoms. The van der Waals surface area contributed by atoms with Crippen molar-refractivity contribution in [3.8, 4) is 0 Å². The summed E-state index contributed by atoms with van der Waals surface area (Å²) in [6.07, 6.45) is 2.35. The van der Waals surface area contributed by atoms with E-state index in [4.69, 9.17) is 5.10 Å². The van der Waals surface area contributed by atoms with E-state index in [2.05, 4.69) is 96.3 Å². The van der Waals surface area contributed by atoms with Gasteiger partial charge in [-0.25, -0.2) is 10.4 Å². The third-order valence-corrected chi connectivity index (χ3v) is 6.85. The summed E-state index contributed by atoms with van der Waals surface area (Å²) in [5.41, 5.74) is 7.70. The molecule has 1 atom stereocenters. The van der Waals surface area contributed by atoms with Crippen molar-refractivity contribution in [3.63, 3.8) is 0 Å². The minimum atomic E-state index is -0.258. The van der Waals surface area contributed by atoms with Gasteiger partial charge in [0.1, 0.15) is 6.34 Å². The van der Waals surface area contributed by atoms with Crippen LogP contribution in [0.2, 0.25) is 0 Å². The number of benzene rings is 5. The zero-order valence-electron chi connectivity index (χ0n) is 20.5. The standard InChI is InChI=1S/C32H26N4O/c1-22-15-17-23(18-16-22)29-20-30(36(35-29)21-33-34-32(37)24-9-3-2-4-10-24)31-27-13-7-5-11-25(27)19-26-12-6-8-14-28(26)31/h2-19,21,30H,20H2,1H3,(H,34,37)/b33-21-. The van der Waals surface area contributed by atoms with E-state index in [1.54, 1.807) is 18.5 Å². The van der Waals surface area contributed by atoms with E-state index in [9.17, 15) is 4.79 Å². The largest absolute Gasteiger partial charge is 0.271 e. The lowest BCUT2D eigenvalue weighted by Gasteiger charge is -2.23. The molecule has 180 valence electrons. The molecule has 1 N–H and O–H groups in total. The quantitative estimate of drug-likeness (QED) is 0.129. The average Bonchev–Trinajstić information content (AvgIpc) is 3.36. The highest BCUT2D eigenvalue weighted by atomic mass is 16.2. The van der Waals surface area contributed by atoms with Gasteiger partial charge in [-0.05, 0) is 57.8 Å². The van der Waals surface area contributed by atoms with E-state index in [0.717, 1.165) is 17.7 Å². The zero-order valence-corrected chi connectivity index (χ0v) is 20.5. The number of rotatable bonds is 5. The second-order valence-electron chi connectivity index (χ2n) is 9.30. The average molecular weight is 483 g/mol. The van der Waals surface area contributed by atoms with Crippen molar-refractivity contribution in [2.45, 2.75) is 19.4 Å². The Morgan fingerprint density at radius 3 is 2.16 bits per heavy atom. The number of nitrogens with zero attached hydrogens (tertiary/aromatic N) is 3. The van der Waals surface area contributed by atoms with Crippen LogP contribution in [0.3, 0.4) is 0 Å². The maximum absolute atomic E-state index is 12.6. The van der Waals surface area contributed by atoms with Gasteiger partial charge in [0.05, 0.1) is 11.8 Å². The molecule has 1 amide bonds. The Labute approximate surface area is 215 Å². The fourth-order valence-corrected chi connectivity index (χ4v) is 5.00. The van der Waals surface area contributed by atoms with Gasteiger partial charge in [0.25, 0.3) is 5.91 Å². The Morgan fingerprint density at radius 2 is 1.49 bits per heavy atom. The molecule has 0 radical (unpaired) electrons. The number of fused-ring (bicyclic) bond motifs is 2. The first-order valence-electron chi connectivity index (χ1n) is 12.4. The molecule has 1 unspecified atom stereocenters. The van der Waals surface area contributed by atoms with Gasteiger partial charge in [0.2, 0.25) is 0 Å². The third kappa shape index (κ3) is 4.47. The summed E-state index contributed by atoms with van der Waals surface area (Å²) in [6.45, 7) is 2.08. The van der Waals surface area contributed by atoms with Gasteiger partial charge in [-0.2, -0.15) is 10.2 Å². The number of aryl methyl sites for hydroxylation is 1. The van der Waals surface area contributed by atoms with Crippen LogP contribution in [0.4, 0.5) is 0 Å². The maximum Gasteiger partial charge on any atom is 0.271 e. The van der Waals surface area contributed by atoms with Crippen LogP contribution >= 0.6 is 0 Å². The molecule has 1 aliphatic rings. The number of carbonyl (C=O) groups excluding carboxylic acids is 1. The van der Waals surface area contributed by atoms with Gasteiger partial charge in [-0.1, -0.05) is 96.6 Å². The highest BCUT2D eigenvalue weighted by Gasteiger charge is 2.31. The monoisotopic (exact) mass is 482 g/mol. The first-order chi connectivity index (χ1) is 18.2. The molecule has 0 saturated carbocycles.